The van der Waals surface area contributed by atoms with Gasteiger partial charge < -0.3 is 9.72 Å². The molecule has 4 nitrogen and oxygen atoms in total. The number of Topliss-reactive ketones (excluding diaryl/α,β-unsaturated/α-hetero) is 1. The van der Waals surface area contributed by atoms with Gasteiger partial charge in [-0.15, -0.1) is 0 Å². The largest absolute Gasteiger partial charge is 0.497 e. The summed E-state index contributed by atoms with van der Waals surface area (Å²) in [5, 5.41) is 0. The molecule has 0 atom stereocenters. The second-order valence-electron chi connectivity index (χ2n) is 6.68. The number of nitrogens with one attached hydrogen (secondary N) is 1. The molecule has 0 radical (unpaired) electrons. The molecule has 0 spiro atoms. The predicted octanol–water partition coefficient (Wildman–Crippen LogP) is 4.87. The van der Waals surface area contributed by atoms with E-state index in [2.05, 4.69) is 11.6 Å². The molecular formula is C20H24N2O2. The van der Waals surface area contributed by atoms with Crippen molar-refractivity contribution in [1.29, 1.82) is 0 Å². The van der Waals surface area contributed by atoms with Crippen molar-refractivity contribution in [2.75, 3.05) is 7.11 Å². The molecule has 0 aliphatic carbocycles. The smallest absolute Gasteiger partial charge is 0.171 e. The number of ether oxygens (including phenoxy) is 1. The summed E-state index contributed by atoms with van der Waals surface area (Å²) in [5.74, 6) is 0.840. The topological polar surface area (TPSA) is 54.5 Å². The first-order valence-electron chi connectivity index (χ1n) is 7.86. The first kappa shape index (κ1) is 17.7. The highest BCUT2D eigenvalue weighted by Gasteiger charge is 2.27. The minimum atomic E-state index is -0.465. The van der Waals surface area contributed by atoms with Gasteiger partial charge in [0.15, 0.2) is 5.78 Å². The number of aromatic nitrogens is 1. The van der Waals surface area contributed by atoms with Crippen molar-refractivity contribution in [1.82, 2.24) is 4.98 Å². The number of hydrogen-bond acceptors (Lipinski definition) is 3. The van der Waals surface area contributed by atoms with Crippen LogP contribution in [0.4, 0.5) is 5.69 Å². The maximum absolute atomic E-state index is 12.7. The number of rotatable bonds is 5. The highest BCUT2D eigenvalue weighted by Crippen LogP contribution is 2.31. The van der Waals surface area contributed by atoms with Crippen LogP contribution >= 0.6 is 0 Å². The van der Waals surface area contributed by atoms with Crippen LogP contribution in [0.15, 0.2) is 48.1 Å². The molecule has 1 aromatic carbocycles. The van der Waals surface area contributed by atoms with Crippen molar-refractivity contribution < 1.29 is 9.53 Å². The number of aryl methyl sites for hydroxylation is 1. The zero-order valence-electron chi connectivity index (χ0n) is 14.9. The van der Waals surface area contributed by atoms with Crippen molar-refractivity contribution in [2.45, 2.75) is 27.7 Å². The fourth-order valence-electron chi connectivity index (χ4n) is 2.35. The lowest BCUT2D eigenvalue weighted by Crippen LogP contribution is -2.19. The molecule has 126 valence electrons. The summed E-state index contributed by atoms with van der Waals surface area (Å²) >= 11 is 0. The molecule has 2 aromatic rings. The van der Waals surface area contributed by atoms with Gasteiger partial charge in [-0.1, -0.05) is 27.4 Å². The van der Waals surface area contributed by atoms with Crippen molar-refractivity contribution in [2.24, 2.45) is 10.4 Å². The van der Waals surface area contributed by atoms with Gasteiger partial charge >= 0.3 is 0 Å². The van der Waals surface area contributed by atoms with Crippen molar-refractivity contribution in [3.8, 4) is 5.75 Å². The highest BCUT2D eigenvalue weighted by atomic mass is 16.5. The van der Waals surface area contributed by atoms with E-state index in [-0.39, 0.29) is 5.78 Å². The molecule has 0 aliphatic rings. The molecule has 1 heterocycles. The van der Waals surface area contributed by atoms with Crippen molar-refractivity contribution in [3.63, 3.8) is 0 Å². The quantitative estimate of drug-likeness (QED) is 0.630. The Kier molecular flexibility index (Phi) is 5.07. The first-order chi connectivity index (χ1) is 11.3. The number of carbonyl (C=O) groups excluding carboxylic acids is 1. The molecule has 0 saturated carbocycles. The average Bonchev–Trinajstić information content (AvgIpc) is 2.91. The minimum absolute atomic E-state index is 0.0590. The van der Waals surface area contributed by atoms with Crippen LogP contribution in [0.1, 0.15) is 42.4 Å². The third kappa shape index (κ3) is 3.65. The zero-order valence-corrected chi connectivity index (χ0v) is 14.9. The highest BCUT2D eigenvalue weighted by molar-refractivity contribution is 6.11. The zero-order chi connectivity index (χ0) is 17.9. The number of allylic oxidation sites excluding steroid dienone is 1. The number of aromatic amines is 1. The summed E-state index contributed by atoms with van der Waals surface area (Å²) in [6, 6.07) is 7.60. The first-order valence-corrected chi connectivity index (χ1v) is 7.86. The fourth-order valence-corrected chi connectivity index (χ4v) is 2.35. The molecule has 0 amide bonds. The summed E-state index contributed by atoms with van der Waals surface area (Å²) in [6.07, 6.45) is 3.43. The van der Waals surface area contributed by atoms with Crippen molar-refractivity contribution in [3.05, 3.63) is 59.9 Å². The number of methoxy groups -OCH3 is 1. The van der Waals surface area contributed by atoms with Gasteiger partial charge in [0, 0.05) is 22.9 Å². The third-order valence-corrected chi connectivity index (χ3v) is 3.78. The lowest BCUT2D eigenvalue weighted by atomic mass is 9.87. The van der Waals surface area contributed by atoms with E-state index in [9.17, 15) is 4.79 Å². The Morgan fingerprint density at radius 2 is 1.88 bits per heavy atom. The van der Waals surface area contributed by atoms with E-state index >= 15 is 0 Å². The van der Waals surface area contributed by atoms with Gasteiger partial charge in [-0.2, -0.15) is 0 Å². The summed E-state index contributed by atoms with van der Waals surface area (Å²) in [4.78, 5) is 20.5. The van der Waals surface area contributed by atoms with E-state index in [1.54, 1.807) is 19.4 Å². The Morgan fingerprint density at radius 3 is 2.38 bits per heavy atom. The molecule has 0 bridgehead atoms. The van der Waals surface area contributed by atoms with Crippen LogP contribution in [0, 0.1) is 12.3 Å². The third-order valence-electron chi connectivity index (χ3n) is 3.78. The Labute approximate surface area is 143 Å². The number of carbonyl (C=O) groups is 1. The maximum atomic E-state index is 12.7. The Hall–Kier alpha value is -2.62. The molecule has 1 aromatic heterocycles. The lowest BCUT2D eigenvalue weighted by molar-refractivity contribution is 0.0859. The second-order valence-corrected chi connectivity index (χ2v) is 6.68. The molecule has 1 N–H and O–H groups in total. The van der Waals surface area contributed by atoms with E-state index in [0.29, 0.717) is 17.0 Å². The molecule has 0 fully saturated rings. The van der Waals surface area contributed by atoms with E-state index < -0.39 is 5.41 Å². The number of nitrogens with zero attached hydrogens (tertiary/aromatic N) is 1. The van der Waals surface area contributed by atoms with Crippen LogP contribution in [-0.4, -0.2) is 23.6 Å². The number of benzene rings is 1. The Balaban J connectivity index is 2.50. The minimum Gasteiger partial charge on any atom is -0.497 e. The number of H-pyrrole nitrogens is 1. The molecule has 0 unspecified atom stereocenters. The predicted molar refractivity (Wildman–Crippen MR) is 98.7 cm³/mol. The van der Waals surface area contributed by atoms with Crippen LogP contribution in [0.3, 0.4) is 0 Å². The maximum Gasteiger partial charge on any atom is 0.171 e. The summed E-state index contributed by atoms with van der Waals surface area (Å²) < 4.78 is 5.18. The molecule has 24 heavy (non-hydrogen) atoms. The Morgan fingerprint density at radius 1 is 1.25 bits per heavy atom. The monoisotopic (exact) mass is 324 g/mol. The molecule has 2 rings (SSSR count). The van der Waals surface area contributed by atoms with Gasteiger partial charge in [-0.25, -0.2) is 4.99 Å². The standard InChI is InChI=1S/C20H24N2O2/c1-7-17(14-8-10-15(24-6)11-9-14)22-18-13(2)21-12-16(18)19(23)20(3,4)5/h7-12,21H,1H2,2-6H3. The van der Waals surface area contributed by atoms with Gasteiger partial charge in [0.2, 0.25) is 0 Å². The van der Waals surface area contributed by atoms with Gasteiger partial charge in [-0.3, -0.25) is 4.79 Å². The SMILES string of the molecule is C=CC(=Nc1c(C(=O)C(C)(C)C)c[nH]c1C)c1ccc(OC)cc1. The normalized spacial score (nSPS) is 12.1. The average molecular weight is 324 g/mol. The molecular weight excluding hydrogens is 300 g/mol. The van der Waals surface area contributed by atoms with Crippen molar-refractivity contribution >= 4 is 17.2 Å². The van der Waals surface area contributed by atoms with Crippen LogP contribution < -0.4 is 4.74 Å². The molecule has 4 heteroatoms. The number of ketones is 1. The van der Waals surface area contributed by atoms with E-state index in [4.69, 9.17) is 9.73 Å². The second kappa shape index (κ2) is 6.87. The van der Waals surface area contributed by atoms with Gasteiger partial charge in [0.05, 0.1) is 24.1 Å². The Bertz CT molecular complexity index is 775. The summed E-state index contributed by atoms with van der Waals surface area (Å²) in [5.41, 5.74) is 3.29. The summed E-state index contributed by atoms with van der Waals surface area (Å²) in [6.45, 7) is 11.5. The van der Waals surface area contributed by atoms with Crippen LogP contribution in [-0.2, 0) is 0 Å². The van der Waals surface area contributed by atoms with E-state index in [1.165, 1.54) is 0 Å². The molecule has 0 saturated heterocycles. The van der Waals surface area contributed by atoms with Gasteiger partial charge in [0.25, 0.3) is 0 Å². The number of hydrogen-bond donors (Lipinski definition) is 1. The van der Waals surface area contributed by atoms with Crippen LogP contribution in [0.2, 0.25) is 0 Å². The molecule has 0 aliphatic heterocycles. The fraction of sp³-hybridized carbons (Fsp3) is 0.300. The van der Waals surface area contributed by atoms with Crippen LogP contribution in [0.5, 0.6) is 5.75 Å². The summed E-state index contributed by atoms with van der Waals surface area (Å²) in [7, 11) is 1.63. The van der Waals surface area contributed by atoms with Gasteiger partial charge in [0.1, 0.15) is 5.75 Å². The van der Waals surface area contributed by atoms with Crippen LogP contribution in [0.25, 0.3) is 0 Å². The lowest BCUT2D eigenvalue weighted by Gasteiger charge is -2.16. The van der Waals surface area contributed by atoms with E-state index in [0.717, 1.165) is 17.0 Å². The van der Waals surface area contributed by atoms with E-state index in [1.807, 2.05) is 52.0 Å². The number of aliphatic imine (C=N–C) groups is 1. The van der Waals surface area contributed by atoms with Gasteiger partial charge in [-0.05, 0) is 37.3 Å².